The average molecular weight is 234 g/mol. The van der Waals surface area contributed by atoms with E-state index in [9.17, 15) is 4.79 Å². The minimum absolute atomic E-state index is 0.0376. The van der Waals surface area contributed by atoms with Gasteiger partial charge in [-0.15, -0.1) is 11.6 Å². The van der Waals surface area contributed by atoms with Crippen LogP contribution in [0.5, 0.6) is 0 Å². The van der Waals surface area contributed by atoms with Crippen molar-refractivity contribution >= 4 is 17.5 Å². The predicted molar refractivity (Wildman–Crippen MR) is 66.2 cm³/mol. The Morgan fingerprint density at radius 1 is 1.40 bits per heavy atom. The molecule has 0 aromatic carbocycles. The first kappa shape index (κ1) is 14.8. The smallest absolute Gasteiger partial charge is 0.220 e. The normalized spacial score (nSPS) is 13.7. The highest BCUT2D eigenvalue weighted by Gasteiger charge is 2.17. The fraction of sp³-hybridized carbons (Fsp3) is 0.917. The van der Waals surface area contributed by atoms with Gasteiger partial charge in [0.25, 0.3) is 0 Å². The zero-order valence-electron chi connectivity index (χ0n) is 10.4. The van der Waals surface area contributed by atoms with Crippen LogP contribution in [0.3, 0.4) is 0 Å². The Morgan fingerprint density at radius 3 is 2.47 bits per heavy atom. The van der Waals surface area contributed by atoms with E-state index in [-0.39, 0.29) is 16.7 Å². The van der Waals surface area contributed by atoms with Gasteiger partial charge in [-0.1, -0.05) is 34.1 Å². The van der Waals surface area contributed by atoms with Crippen molar-refractivity contribution in [3.05, 3.63) is 0 Å². The zero-order chi connectivity index (χ0) is 11.9. The van der Waals surface area contributed by atoms with Gasteiger partial charge in [-0.05, 0) is 18.3 Å². The van der Waals surface area contributed by atoms with Crippen LogP contribution in [0.1, 0.15) is 53.4 Å². The summed E-state index contributed by atoms with van der Waals surface area (Å²) in [6, 6.07) is 0. The third kappa shape index (κ3) is 10.1. The van der Waals surface area contributed by atoms with Gasteiger partial charge in [0.15, 0.2) is 0 Å². The number of amides is 1. The lowest BCUT2D eigenvalue weighted by molar-refractivity contribution is -0.121. The molecule has 1 unspecified atom stereocenters. The maximum absolute atomic E-state index is 11.3. The molecule has 1 N–H and O–H groups in total. The highest BCUT2D eigenvalue weighted by molar-refractivity contribution is 6.20. The third-order valence-corrected chi connectivity index (χ3v) is 2.42. The van der Waals surface area contributed by atoms with Crippen LogP contribution in [0.2, 0.25) is 0 Å². The largest absolute Gasteiger partial charge is 0.355 e. The summed E-state index contributed by atoms with van der Waals surface area (Å²) in [5, 5.41) is 2.91. The summed E-state index contributed by atoms with van der Waals surface area (Å²) in [5.74, 6) is 0.122. The summed E-state index contributed by atoms with van der Waals surface area (Å²) in [5.41, 5.74) is 0.223. The maximum Gasteiger partial charge on any atom is 0.220 e. The summed E-state index contributed by atoms with van der Waals surface area (Å²) in [6.07, 6.45) is 3.55. The fourth-order valence-corrected chi connectivity index (χ4v) is 1.93. The van der Waals surface area contributed by atoms with Crippen molar-refractivity contribution in [3.63, 3.8) is 0 Å². The maximum atomic E-state index is 11.3. The highest BCUT2D eigenvalue weighted by Crippen LogP contribution is 2.23. The molecule has 0 aliphatic carbocycles. The Labute approximate surface area is 98.8 Å². The van der Waals surface area contributed by atoms with E-state index in [0.717, 1.165) is 19.3 Å². The molecule has 0 aliphatic heterocycles. The van der Waals surface area contributed by atoms with E-state index in [1.54, 1.807) is 0 Å². The van der Waals surface area contributed by atoms with E-state index in [1.165, 1.54) is 0 Å². The molecule has 0 aliphatic rings. The molecule has 90 valence electrons. The van der Waals surface area contributed by atoms with E-state index < -0.39 is 0 Å². The summed E-state index contributed by atoms with van der Waals surface area (Å²) in [7, 11) is 0. The standard InChI is InChI=1S/C12H24ClNO/c1-5-6-7-11(15)14-9-10(13)8-12(2,3)4/h10H,5-9H2,1-4H3,(H,14,15). The average Bonchev–Trinajstić information content (AvgIpc) is 2.08. The zero-order valence-corrected chi connectivity index (χ0v) is 11.2. The Hall–Kier alpha value is -0.240. The molecular formula is C12H24ClNO. The van der Waals surface area contributed by atoms with Gasteiger partial charge in [-0.25, -0.2) is 0 Å². The summed E-state index contributed by atoms with van der Waals surface area (Å²) in [6.45, 7) is 9.13. The van der Waals surface area contributed by atoms with Crippen molar-refractivity contribution in [2.75, 3.05) is 6.54 Å². The van der Waals surface area contributed by atoms with Crippen molar-refractivity contribution in [1.29, 1.82) is 0 Å². The van der Waals surface area contributed by atoms with Gasteiger partial charge in [0.2, 0.25) is 5.91 Å². The SMILES string of the molecule is CCCCC(=O)NCC(Cl)CC(C)(C)C. The highest BCUT2D eigenvalue weighted by atomic mass is 35.5. The minimum atomic E-state index is 0.0376. The van der Waals surface area contributed by atoms with Gasteiger partial charge in [0, 0.05) is 13.0 Å². The van der Waals surface area contributed by atoms with Crippen LogP contribution in [0.4, 0.5) is 0 Å². The topological polar surface area (TPSA) is 29.1 Å². The Bertz CT molecular complexity index is 187. The van der Waals surface area contributed by atoms with Crippen LogP contribution in [-0.4, -0.2) is 17.8 Å². The van der Waals surface area contributed by atoms with Crippen molar-refractivity contribution < 1.29 is 4.79 Å². The second-order valence-electron chi connectivity index (χ2n) is 5.27. The first-order valence-electron chi connectivity index (χ1n) is 5.76. The predicted octanol–water partition coefficient (Wildman–Crippen LogP) is 3.34. The van der Waals surface area contributed by atoms with Crippen LogP contribution in [-0.2, 0) is 4.79 Å². The molecule has 0 saturated carbocycles. The van der Waals surface area contributed by atoms with Crippen molar-refractivity contribution in [3.8, 4) is 0 Å². The van der Waals surface area contributed by atoms with E-state index in [0.29, 0.717) is 13.0 Å². The molecule has 0 rings (SSSR count). The molecule has 0 radical (unpaired) electrons. The van der Waals surface area contributed by atoms with Crippen molar-refractivity contribution in [1.82, 2.24) is 5.32 Å². The van der Waals surface area contributed by atoms with Gasteiger partial charge in [0.1, 0.15) is 0 Å². The quantitative estimate of drug-likeness (QED) is 0.701. The Morgan fingerprint density at radius 2 is 2.00 bits per heavy atom. The molecule has 1 amide bonds. The van der Waals surface area contributed by atoms with Crippen LogP contribution >= 0.6 is 11.6 Å². The molecule has 15 heavy (non-hydrogen) atoms. The van der Waals surface area contributed by atoms with Crippen LogP contribution < -0.4 is 5.32 Å². The van der Waals surface area contributed by atoms with Crippen LogP contribution in [0, 0.1) is 5.41 Å². The van der Waals surface area contributed by atoms with E-state index >= 15 is 0 Å². The van der Waals surface area contributed by atoms with E-state index in [1.807, 2.05) is 0 Å². The van der Waals surface area contributed by atoms with E-state index in [2.05, 4.69) is 33.0 Å². The third-order valence-electron chi connectivity index (χ3n) is 2.11. The number of halogens is 1. The second kappa shape index (κ2) is 7.10. The molecule has 0 aromatic rings. The molecule has 3 heteroatoms. The number of hydrogen-bond donors (Lipinski definition) is 1. The summed E-state index contributed by atoms with van der Waals surface area (Å²) >= 11 is 6.13. The lowest BCUT2D eigenvalue weighted by Gasteiger charge is -2.21. The number of rotatable bonds is 6. The lowest BCUT2D eigenvalue weighted by Crippen LogP contribution is -2.31. The molecule has 0 spiro atoms. The Kier molecular flexibility index (Phi) is 6.99. The number of nitrogens with one attached hydrogen (secondary N) is 1. The number of unbranched alkanes of at least 4 members (excludes halogenated alkanes) is 1. The number of alkyl halides is 1. The minimum Gasteiger partial charge on any atom is -0.355 e. The molecule has 2 nitrogen and oxygen atoms in total. The molecule has 0 fully saturated rings. The van der Waals surface area contributed by atoms with Crippen LogP contribution in [0.25, 0.3) is 0 Å². The van der Waals surface area contributed by atoms with Gasteiger partial charge >= 0.3 is 0 Å². The van der Waals surface area contributed by atoms with Crippen molar-refractivity contribution in [2.24, 2.45) is 5.41 Å². The molecule has 0 bridgehead atoms. The molecule has 0 aromatic heterocycles. The number of carbonyl (C=O) groups is 1. The van der Waals surface area contributed by atoms with Gasteiger partial charge in [0.05, 0.1) is 5.38 Å². The van der Waals surface area contributed by atoms with Gasteiger partial charge in [-0.2, -0.15) is 0 Å². The Balaban J connectivity index is 3.62. The lowest BCUT2D eigenvalue weighted by atomic mass is 9.90. The molecule has 0 saturated heterocycles. The fourth-order valence-electron chi connectivity index (χ4n) is 1.39. The first-order chi connectivity index (χ1) is 6.85. The molecule has 0 heterocycles. The summed E-state index contributed by atoms with van der Waals surface area (Å²) < 4.78 is 0. The van der Waals surface area contributed by atoms with Crippen molar-refractivity contribution in [2.45, 2.75) is 58.8 Å². The van der Waals surface area contributed by atoms with Gasteiger partial charge < -0.3 is 5.32 Å². The molecule has 1 atom stereocenters. The second-order valence-corrected chi connectivity index (χ2v) is 5.89. The molecular weight excluding hydrogens is 210 g/mol. The number of hydrogen-bond acceptors (Lipinski definition) is 1. The summed E-state index contributed by atoms with van der Waals surface area (Å²) in [4.78, 5) is 11.3. The number of carbonyl (C=O) groups excluding carboxylic acids is 1. The van der Waals surface area contributed by atoms with E-state index in [4.69, 9.17) is 11.6 Å². The van der Waals surface area contributed by atoms with Crippen LogP contribution in [0.15, 0.2) is 0 Å². The first-order valence-corrected chi connectivity index (χ1v) is 6.19. The monoisotopic (exact) mass is 233 g/mol. The van der Waals surface area contributed by atoms with Gasteiger partial charge in [-0.3, -0.25) is 4.79 Å².